The zero-order valence-corrected chi connectivity index (χ0v) is 11.6. The maximum absolute atomic E-state index is 11.3. The summed E-state index contributed by atoms with van der Waals surface area (Å²) in [7, 11) is 1.34. The molecule has 0 aliphatic rings. The summed E-state index contributed by atoms with van der Waals surface area (Å²) >= 11 is 3.24. The van der Waals surface area contributed by atoms with Gasteiger partial charge in [0.2, 0.25) is 5.95 Å². The number of aromatic nitrogens is 2. The van der Waals surface area contributed by atoms with Gasteiger partial charge in [-0.05, 0) is 29.8 Å². The summed E-state index contributed by atoms with van der Waals surface area (Å²) in [5, 5.41) is 0. The lowest BCUT2D eigenvalue weighted by atomic mass is 10.3. The molecule has 0 atom stereocenters. The van der Waals surface area contributed by atoms with Crippen molar-refractivity contribution in [3.63, 3.8) is 0 Å². The number of nitrogens with two attached hydrogens (primary N) is 1. The summed E-state index contributed by atoms with van der Waals surface area (Å²) in [4.78, 5) is 21.3. The monoisotopic (exact) mass is 302 g/mol. The van der Waals surface area contributed by atoms with Crippen LogP contribution in [0, 0.1) is 0 Å². The number of methoxy groups -OCH3 is 1. The van der Waals surface area contributed by atoms with Crippen LogP contribution in [0.15, 0.2) is 10.7 Å². The van der Waals surface area contributed by atoms with Crippen molar-refractivity contribution in [1.29, 1.82) is 0 Å². The Kier molecular flexibility index (Phi) is 4.68. The minimum atomic E-state index is -0.346. The van der Waals surface area contributed by atoms with Gasteiger partial charge in [0.15, 0.2) is 0 Å². The number of carbonyl (C=O) groups excluding carboxylic acids is 1. The largest absolute Gasteiger partial charge is 0.468 e. The fourth-order valence-electron chi connectivity index (χ4n) is 1.24. The molecule has 94 valence electrons. The van der Waals surface area contributed by atoms with E-state index in [1.807, 2.05) is 13.8 Å². The second-order valence-corrected chi connectivity index (χ2v) is 4.53. The highest BCUT2D eigenvalue weighted by atomic mass is 79.9. The number of carbonyl (C=O) groups is 1. The molecule has 1 aromatic heterocycles. The van der Waals surface area contributed by atoms with Crippen LogP contribution >= 0.6 is 15.9 Å². The van der Waals surface area contributed by atoms with Crippen molar-refractivity contribution in [3.8, 4) is 0 Å². The van der Waals surface area contributed by atoms with Crippen LogP contribution in [0.3, 0.4) is 0 Å². The second-order valence-electron chi connectivity index (χ2n) is 3.71. The van der Waals surface area contributed by atoms with E-state index < -0.39 is 0 Å². The molecule has 1 aromatic rings. The molecule has 7 heteroatoms. The van der Waals surface area contributed by atoms with Gasteiger partial charge in [-0.25, -0.2) is 4.98 Å². The highest BCUT2D eigenvalue weighted by molar-refractivity contribution is 9.10. The fraction of sp³-hybridized carbons (Fsp3) is 0.500. The lowest BCUT2D eigenvalue weighted by molar-refractivity contribution is -0.139. The van der Waals surface area contributed by atoms with E-state index in [0.29, 0.717) is 16.4 Å². The van der Waals surface area contributed by atoms with Crippen molar-refractivity contribution in [3.05, 3.63) is 10.7 Å². The fourth-order valence-corrected chi connectivity index (χ4v) is 1.63. The zero-order valence-electron chi connectivity index (χ0n) is 9.98. The molecule has 6 nitrogen and oxygen atoms in total. The Balaban J connectivity index is 3.01. The van der Waals surface area contributed by atoms with Crippen molar-refractivity contribution < 1.29 is 9.53 Å². The first-order chi connectivity index (χ1) is 7.93. The molecular formula is C10H15BrN4O2. The Labute approximate surface area is 108 Å². The quantitative estimate of drug-likeness (QED) is 0.665. The molecule has 0 amide bonds. The van der Waals surface area contributed by atoms with Crippen molar-refractivity contribution in [2.45, 2.75) is 19.9 Å². The summed E-state index contributed by atoms with van der Waals surface area (Å²) in [6.45, 7) is 3.96. The molecule has 0 saturated carbocycles. The van der Waals surface area contributed by atoms with Gasteiger partial charge in [0.05, 0.1) is 7.11 Å². The van der Waals surface area contributed by atoms with Gasteiger partial charge in [-0.15, -0.1) is 0 Å². The Morgan fingerprint density at radius 2 is 2.24 bits per heavy atom. The van der Waals surface area contributed by atoms with Crippen LogP contribution in [-0.4, -0.2) is 35.6 Å². The molecule has 0 saturated heterocycles. The third-order valence-corrected chi connectivity index (χ3v) is 2.52. The van der Waals surface area contributed by atoms with Crippen LogP contribution in [0.2, 0.25) is 0 Å². The number of nitrogen functional groups attached to an aromatic ring is 1. The van der Waals surface area contributed by atoms with Gasteiger partial charge in [-0.3, -0.25) is 4.79 Å². The molecule has 2 N–H and O–H groups in total. The van der Waals surface area contributed by atoms with Gasteiger partial charge in [0.25, 0.3) is 0 Å². The SMILES string of the molecule is COC(=O)CN(c1nc(N)cc(Br)n1)C(C)C. The molecule has 0 aliphatic carbocycles. The number of halogens is 1. The number of ether oxygens (including phenoxy) is 1. The van der Waals surface area contributed by atoms with Crippen LogP contribution in [0.5, 0.6) is 0 Å². The van der Waals surface area contributed by atoms with E-state index in [1.54, 1.807) is 11.0 Å². The summed E-state index contributed by atoms with van der Waals surface area (Å²) in [5.74, 6) is 0.399. The predicted molar refractivity (Wildman–Crippen MR) is 68.6 cm³/mol. The average molecular weight is 303 g/mol. The highest BCUT2D eigenvalue weighted by Crippen LogP contribution is 2.17. The first kappa shape index (κ1) is 13.7. The number of esters is 1. The third kappa shape index (κ3) is 3.85. The molecule has 0 fully saturated rings. The first-order valence-electron chi connectivity index (χ1n) is 5.07. The smallest absolute Gasteiger partial charge is 0.325 e. The number of rotatable bonds is 4. The molecule has 0 aromatic carbocycles. The zero-order chi connectivity index (χ0) is 13.0. The molecule has 0 radical (unpaired) electrons. The van der Waals surface area contributed by atoms with E-state index in [2.05, 4.69) is 30.6 Å². The van der Waals surface area contributed by atoms with Crippen LogP contribution in [0.4, 0.5) is 11.8 Å². The van der Waals surface area contributed by atoms with Crippen LogP contribution in [0.1, 0.15) is 13.8 Å². The molecule has 0 spiro atoms. The van der Waals surface area contributed by atoms with Gasteiger partial charge < -0.3 is 15.4 Å². The number of hydrogen-bond acceptors (Lipinski definition) is 6. The Morgan fingerprint density at radius 1 is 1.59 bits per heavy atom. The van der Waals surface area contributed by atoms with E-state index in [4.69, 9.17) is 5.73 Å². The van der Waals surface area contributed by atoms with Crippen LogP contribution in [-0.2, 0) is 9.53 Å². The minimum absolute atomic E-state index is 0.0581. The Bertz CT molecular complexity index is 391. The van der Waals surface area contributed by atoms with Crippen LogP contribution < -0.4 is 10.6 Å². The predicted octanol–water partition coefficient (Wildman–Crippen LogP) is 1.21. The van der Waals surface area contributed by atoms with E-state index in [-0.39, 0.29) is 18.6 Å². The van der Waals surface area contributed by atoms with Gasteiger partial charge in [-0.2, -0.15) is 4.98 Å². The Hall–Kier alpha value is -1.37. The van der Waals surface area contributed by atoms with E-state index >= 15 is 0 Å². The topological polar surface area (TPSA) is 81.3 Å². The molecule has 0 bridgehead atoms. The normalized spacial score (nSPS) is 10.4. The van der Waals surface area contributed by atoms with Gasteiger partial charge in [-0.1, -0.05) is 0 Å². The van der Waals surface area contributed by atoms with Crippen molar-refractivity contribution in [2.24, 2.45) is 0 Å². The lowest BCUT2D eigenvalue weighted by Crippen LogP contribution is -2.37. The molecule has 17 heavy (non-hydrogen) atoms. The number of nitrogens with zero attached hydrogens (tertiary/aromatic N) is 3. The summed E-state index contributed by atoms with van der Waals surface area (Å²) in [6.07, 6.45) is 0. The summed E-state index contributed by atoms with van der Waals surface area (Å²) in [5.41, 5.74) is 5.64. The number of anilines is 2. The standard InChI is InChI=1S/C10H15BrN4O2/c1-6(2)15(5-9(16)17-3)10-13-7(11)4-8(12)14-10/h4,6H,5H2,1-3H3,(H2,12,13,14). The molecule has 1 rings (SSSR count). The Morgan fingerprint density at radius 3 is 2.71 bits per heavy atom. The highest BCUT2D eigenvalue weighted by Gasteiger charge is 2.18. The molecule has 0 unspecified atom stereocenters. The third-order valence-electron chi connectivity index (χ3n) is 2.11. The molecule has 0 aliphatic heterocycles. The maximum Gasteiger partial charge on any atom is 0.325 e. The molecule has 1 heterocycles. The van der Waals surface area contributed by atoms with Gasteiger partial charge in [0, 0.05) is 12.1 Å². The van der Waals surface area contributed by atoms with E-state index in [9.17, 15) is 4.79 Å². The summed E-state index contributed by atoms with van der Waals surface area (Å²) < 4.78 is 5.21. The second kappa shape index (κ2) is 5.81. The lowest BCUT2D eigenvalue weighted by Gasteiger charge is -2.25. The van der Waals surface area contributed by atoms with E-state index in [1.165, 1.54) is 7.11 Å². The van der Waals surface area contributed by atoms with Gasteiger partial charge in [0.1, 0.15) is 17.0 Å². The van der Waals surface area contributed by atoms with Crippen molar-refractivity contribution in [1.82, 2.24) is 9.97 Å². The molecular weight excluding hydrogens is 288 g/mol. The number of hydrogen-bond donors (Lipinski definition) is 1. The van der Waals surface area contributed by atoms with Crippen molar-refractivity contribution in [2.75, 3.05) is 24.3 Å². The minimum Gasteiger partial charge on any atom is -0.468 e. The maximum atomic E-state index is 11.3. The van der Waals surface area contributed by atoms with Gasteiger partial charge >= 0.3 is 5.97 Å². The van der Waals surface area contributed by atoms with Crippen molar-refractivity contribution >= 4 is 33.7 Å². The van der Waals surface area contributed by atoms with Crippen LogP contribution in [0.25, 0.3) is 0 Å². The van der Waals surface area contributed by atoms with E-state index in [0.717, 1.165) is 0 Å². The summed E-state index contributed by atoms with van der Waals surface area (Å²) in [6, 6.07) is 1.66. The first-order valence-corrected chi connectivity index (χ1v) is 5.87. The average Bonchev–Trinajstić information content (AvgIpc) is 2.23.